The van der Waals surface area contributed by atoms with Crippen LogP contribution in [0.2, 0.25) is 0 Å². The maximum absolute atomic E-state index is 11.6. The number of hydrogen-bond acceptors (Lipinski definition) is 3. The van der Waals surface area contributed by atoms with Gasteiger partial charge in [-0.15, -0.1) is 0 Å². The van der Waals surface area contributed by atoms with E-state index in [1.54, 1.807) is 0 Å². The zero-order valence-corrected chi connectivity index (χ0v) is 9.90. The summed E-state index contributed by atoms with van der Waals surface area (Å²) < 4.78 is 6.84. The lowest BCUT2D eigenvalue weighted by Gasteiger charge is -2.12. The second-order valence-corrected chi connectivity index (χ2v) is 4.25. The van der Waals surface area contributed by atoms with E-state index >= 15 is 0 Å². The minimum absolute atomic E-state index is 0.00764. The molecule has 4 heteroatoms. The molecule has 0 bridgehead atoms. The summed E-state index contributed by atoms with van der Waals surface area (Å²) in [5.41, 5.74) is 2.52. The molecule has 88 valence electrons. The number of aromatic nitrogens is 2. The average Bonchev–Trinajstić information content (AvgIpc) is 2.57. The highest BCUT2D eigenvalue weighted by Crippen LogP contribution is 2.25. The molecule has 0 spiro atoms. The van der Waals surface area contributed by atoms with Crippen LogP contribution < -0.4 is 0 Å². The van der Waals surface area contributed by atoms with E-state index in [-0.39, 0.29) is 11.9 Å². The maximum Gasteiger partial charge on any atom is 0.309 e. The van der Waals surface area contributed by atoms with E-state index in [1.165, 1.54) is 18.4 Å². The van der Waals surface area contributed by atoms with Gasteiger partial charge in [0.15, 0.2) is 0 Å². The molecule has 1 atom stereocenters. The molecule has 0 fully saturated rings. The summed E-state index contributed by atoms with van der Waals surface area (Å²) in [5, 5.41) is 4.34. The molecule has 1 aromatic heterocycles. The van der Waals surface area contributed by atoms with Crippen molar-refractivity contribution in [2.45, 2.75) is 39.2 Å². The van der Waals surface area contributed by atoms with E-state index < -0.39 is 0 Å². The second-order valence-electron chi connectivity index (χ2n) is 4.25. The topological polar surface area (TPSA) is 44.1 Å². The number of methoxy groups -OCH3 is 1. The van der Waals surface area contributed by atoms with Gasteiger partial charge in [-0.2, -0.15) is 5.10 Å². The quantitative estimate of drug-likeness (QED) is 0.563. The summed E-state index contributed by atoms with van der Waals surface area (Å²) in [7, 11) is 1.46. The third kappa shape index (κ3) is 1.96. The van der Waals surface area contributed by atoms with Crippen LogP contribution in [0.15, 0.2) is 6.20 Å². The van der Waals surface area contributed by atoms with Gasteiger partial charge in [-0.05, 0) is 31.7 Å². The monoisotopic (exact) mass is 222 g/mol. The molecule has 1 aromatic rings. The molecule has 1 aliphatic carbocycles. The van der Waals surface area contributed by atoms with Crippen molar-refractivity contribution in [3.05, 3.63) is 17.5 Å². The van der Waals surface area contributed by atoms with Gasteiger partial charge in [0.1, 0.15) is 0 Å². The standard InChI is InChI=1S/C12H18N2O2/c1-3-14-11-7-9(12(15)16-2)5-4-6-10(11)8-13-14/h8-9H,3-7H2,1-2H3/t9-/m0/s1. The molecule has 0 N–H and O–H groups in total. The third-order valence-corrected chi connectivity index (χ3v) is 3.31. The number of rotatable bonds is 2. The van der Waals surface area contributed by atoms with Crippen LogP contribution in [-0.2, 0) is 28.9 Å². The van der Waals surface area contributed by atoms with Gasteiger partial charge in [-0.25, -0.2) is 0 Å². The Labute approximate surface area is 95.6 Å². The van der Waals surface area contributed by atoms with Crippen molar-refractivity contribution in [2.24, 2.45) is 5.92 Å². The van der Waals surface area contributed by atoms with E-state index in [4.69, 9.17) is 4.74 Å². The molecule has 16 heavy (non-hydrogen) atoms. The number of carbonyl (C=O) groups is 1. The molecule has 4 nitrogen and oxygen atoms in total. The van der Waals surface area contributed by atoms with Crippen LogP contribution in [0.4, 0.5) is 0 Å². The highest BCUT2D eigenvalue weighted by Gasteiger charge is 2.25. The van der Waals surface area contributed by atoms with Gasteiger partial charge in [0.2, 0.25) is 0 Å². The molecule has 0 unspecified atom stereocenters. The van der Waals surface area contributed by atoms with Gasteiger partial charge in [-0.3, -0.25) is 9.48 Å². The number of nitrogens with zero attached hydrogens (tertiary/aromatic N) is 2. The van der Waals surface area contributed by atoms with Crippen LogP contribution in [-0.4, -0.2) is 22.9 Å². The zero-order valence-electron chi connectivity index (χ0n) is 9.90. The Morgan fingerprint density at radius 2 is 2.50 bits per heavy atom. The van der Waals surface area contributed by atoms with Crippen LogP contribution in [0.25, 0.3) is 0 Å². The normalized spacial score (nSPS) is 20.0. The van der Waals surface area contributed by atoms with Gasteiger partial charge >= 0.3 is 5.97 Å². The summed E-state index contributed by atoms with van der Waals surface area (Å²) in [6, 6.07) is 0. The third-order valence-electron chi connectivity index (χ3n) is 3.31. The first-order valence-electron chi connectivity index (χ1n) is 5.87. The number of hydrogen-bond donors (Lipinski definition) is 0. The fourth-order valence-electron chi connectivity index (χ4n) is 2.41. The van der Waals surface area contributed by atoms with E-state index in [1.807, 2.05) is 10.9 Å². The fraction of sp³-hybridized carbons (Fsp3) is 0.667. The van der Waals surface area contributed by atoms with Crippen molar-refractivity contribution >= 4 is 5.97 Å². The van der Waals surface area contributed by atoms with Crippen molar-refractivity contribution in [1.29, 1.82) is 0 Å². The largest absolute Gasteiger partial charge is 0.469 e. The van der Waals surface area contributed by atoms with Crippen LogP contribution in [0.1, 0.15) is 31.0 Å². The molecule has 1 heterocycles. The Kier molecular flexibility index (Phi) is 3.27. The number of esters is 1. The summed E-state index contributed by atoms with van der Waals surface area (Å²) in [6.07, 6.45) is 5.71. The molecule has 0 amide bonds. The van der Waals surface area contributed by atoms with Crippen molar-refractivity contribution in [2.75, 3.05) is 7.11 Å². The van der Waals surface area contributed by atoms with E-state index in [2.05, 4.69) is 12.0 Å². The highest BCUT2D eigenvalue weighted by molar-refractivity contribution is 5.72. The Balaban J connectivity index is 2.24. The van der Waals surface area contributed by atoms with Crippen LogP contribution in [0.5, 0.6) is 0 Å². The molecule has 0 aromatic carbocycles. The highest BCUT2D eigenvalue weighted by atomic mass is 16.5. The first-order chi connectivity index (χ1) is 7.76. The molecule has 0 aliphatic heterocycles. The van der Waals surface area contributed by atoms with Gasteiger partial charge < -0.3 is 4.74 Å². The molecular weight excluding hydrogens is 204 g/mol. The first-order valence-corrected chi connectivity index (χ1v) is 5.87. The Bertz CT molecular complexity index is 384. The van der Waals surface area contributed by atoms with Crippen molar-refractivity contribution in [1.82, 2.24) is 9.78 Å². The van der Waals surface area contributed by atoms with Crippen molar-refractivity contribution < 1.29 is 9.53 Å². The van der Waals surface area contributed by atoms with E-state index in [0.717, 1.165) is 32.2 Å². The van der Waals surface area contributed by atoms with Crippen molar-refractivity contribution in [3.8, 4) is 0 Å². The van der Waals surface area contributed by atoms with Crippen LogP contribution >= 0.6 is 0 Å². The van der Waals surface area contributed by atoms with Gasteiger partial charge in [0, 0.05) is 18.7 Å². The Morgan fingerprint density at radius 1 is 1.69 bits per heavy atom. The lowest BCUT2D eigenvalue weighted by Crippen LogP contribution is -2.19. The summed E-state index contributed by atoms with van der Waals surface area (Å²) in [4.78, 5) is 11.6. The number of fused-ring (bicyclic) bond motifs is 1. The lowest BCUT2D eigenvalue weighted by atomic mass is 10.0. The molecule has 0 saturated heterocycles. The van der Waals surface area contributed by atoms with Gasteiger partial charge in [-0.1, -0.05) is 0 Å². The molecule has 2 rings (SSSR count). The molecule has 0 radical (unpaired) electrons. The first kappa shape index (κ1) is 11.2. The second kappa shape index (κ2) is 4.68. The summed E-state index contributed by atoms with van der Waals surface area (Å²) in [6.45, 7) is 2.94. The maximum atomic E-state index is 11.6. The Hall–Kier alpha value is -1.32. The Morgan fingerprint density at radius 3 is 3.19 bits per heavy atom. The van der Waals surface area contributed by atoms with Crippen molar-refractivity contribution in [3.63, 3.8) is 0 Å². The SMILES string of the molecule is CCn1ncc2c1C[C@@H](C(=O)OC)CCC2. The average molecular weight is 222 g/mol. The van der Waals surface area contributed by atoms with E-state index in [0.29, 0.717) is 0 Å². The van der Waals surface area contributed by atoms with Crippen LogP contribution in [0.3, 0.4) is 0 Å². The lowest BCUT2D eigenvalue weighted by molar-refractivity contribution is -0.145. The summed E-state index contributed by atoms with van der Waals surface area (Å²) >= 11 is 0. The number of aryl methyl sites for hydroxylation is 2. The van der Waals surface area contributed by atoms with Crippen LogP contribution in [0, 0.1) is 5.92 Å². The zero-order chi connectivity index (χ0) is 11.5. The molecular formula is C12H18N2O2. The predicted molar refractivity (Wildman–Crippen MR) is 60.0 cm³/mol. The van der Waals surface area contributed by atoms with Gasteiger partial charge in [0.25, 0.3) is 0 Å². The number of carbonyl (C=O) groups excluding carboxylic acids is 1. The smallest absolute Gasteiger partial charge is 0.309 e. The minimum atomic E-state index is -0.0864. The predicted octanol–water partition coefficient (Wildman–Crippen LogP) is 1.57. The molecule has 0 saturated carbocycles. The minimum Gasteiger partial charge on any atom is -0.469 e. The summed E-state index contributed by atoms with van der Waals surface area (Å²) in [5.74, 6) is -0.0787. The fourth-order valence-corrected chi connectivity index (χ4v) is 2.41. The molecule has 1 aliphatic rings. The number of ether oxygens (including phenoxy) is 1. The van der Waals surface area contributed by atoms with Gasteiger partial charge in [0.05, 0.1) is 19.2 Å². The van der Waals surface area contributed by atoms with E-state index in [9.17, 15) is 4.79 Å².